The SMILES string of the molecule is COC(=O)c1ccc(C(C)Sc2nnc(COc3cccc(C)c3)o2)o1. The molecule has 0 N–H and O–H groups in total. The van der Waals surface area contributed by atoms with Gasteiger partial charge in [-0.2, -0.15) is 0 Å². The number of benzene rings is 1. The highest BCUT2D eigenvalue weighted by molar-refractivity contribution is 7.99. The van der Waals surface area contributed by atoms with Gasteiger partial charge in [-0.05, 0) is 43.7 Å². The van der Waals surface area contributed by atoms with Crippen molar-refractivity contribution in [3.05, 3.63) is 59.4 Å². The Bertz CT molecular complexity index is 889. The highest BCUT2D eigenvalue weighted by atomic mass is 32.2. The summed E-state index contributed by atoms with van der Waals surface area (Å²) >= 11 is 1.33. The van der Waals surface area contributed by atoms with Crippen LogP contribution in [0.25, 0.3) is 0 Å². The number of ether oxygens (including phenoxy) is 2. The fourth-order valence-corrected chi connectivity index (χ4v) is 2.96. The molecule has 3 rings (SSSR count). The minimum Gasteiger partial charge on any atom is -0.484 e. The zero-order chi connectivity index (χ0) is 18.5. The number of methoxy groups -OCH3 is 1. The molecule has 0 amide bonds. The van der Waals surface area contributed by atoms with Gasteiger partial charge >= 0.3 is 5.97 Å². The van der Waals surface area contributed by atoms with E-state index in [1.54, 1.807) is 12.1 Å². The highest BCUT2D eigenvalue weighted by Crippen LogP contribution is 2.35. The maximum Gasteiger partial charge on any atom is 0.373 e. The summed E-state index contributed by atoms with van der Waals surface area (Å²) in [4.78, 5) is 11.4. The van der Waals surface area contributed by atoms with Crippen molar-refractivity contribution in [3.63, 3.8) is 0 Å². The number of aromatic nitrogens is 2. The van der Waals surface area contributed by atoms with Gasteiger partial charge in [-0.3, -0.25) is 0 Å². The number of hydrogen-bond donors (Lipinski definition) is 0. The summed E-state index contributed by atoms with van der Waals surface area (Å²) in [5.74, 6) is 1.40. The zero-order valence-electron chi connectivity index (χ0n) is 14.6. The van der Waals surface area contributed by atoms with E-state index in [-0.39, 0.29) is 17.6 Å². The monoisotopic (exact) mass is 374 g/mol. The molecule has 0 radical (unpaired) electrons. The van der Waals surface area contributed by atoms with Crippen LogP contribution >= 0.6 is 11.8 Å². The van der Waals surface area contributed by atoms with Gasteiger partial charge in [0.25, 0.3) is 11.1 Å². The second kappa shape index (κ2) is 8.09. The van der Waals surface area contributed by atoms with Crippen molar-refractivity contribution in [2.24, 2.45) is 0 Å². The Balaban J connectivity index is 1.57. The third-order valence-electron chi connectivity index (χ3n) is 3.49. The van der Waals surface area contributed by atoms with E-state index in [1.807, 2.05) is 38.1 Å². The van der Waals surface area contributed by atoms with E-state index in [1.165, 1.54) is 18.9 Å². The summed E-state index contributed by atoms with van der Waals surface area (Å²) in [6, 6.07) is 11.0. The Morgan fingerprint density at radius 3 is 2.85 bits per heavy atom. The lowest BCUT2D eigenvalue weighted by atomic mass is 10.2. The number of aryl methyl sites for hydroxylation is 1. The lowest BCUT2D eigenvalue weighted by Gasteiger charge is -2.04. The van der Waals surface area contributed by atoms with E-state index in [2.05, 4.69) is 14.9 Å². The second-order valence-electron chi connectivity index (χ2n) is 5.52. The van der Waals surface area contributed by atoms with E-state index in [9.17, 15) is 4.79 Å². The maximum absolute atomic E-state index is 11.4. The van der Waals surface area contributed by atoms with E-state index in [0.29, 0.717) is 16.9 Å². The van der Waals surface area contributed by atoms with Crippen LogP contribution in [0.15, 0.2) is 50.5 Å². The molecule has 0 aliphatic carbocycles. The Kier molecular flexibility index (Phi) is 5.62. The van der Waals surface area contributed by atoms with Crippen LogP contribution in [-0.2, 0) is 11.3 Å². The maximum atomic E-state index is 11.4. The average molecular weight is 374 g/mol. The molecular formula is C18H18N2O5S. The predicted octanol–water partition coefficient (Wildman–Crippen LogP) is 4.19. The summed E-state index contributed by atoms with van der Waals surface area (Å²) in [7, 11) is 1.31. The summed E-state index contributed by atoms with van der Waals surface area (Å²) in [6.45, 7) is 4.10. The number of thioether (sulfide) groups is 1. The van der Waals surface area contributed by atoms with Crippen molar-refractivity contribution >= 4 is 17.7 Å². The molecule has 0 bridgehead atoms. The smallest absolute Gasteiger partial charge is 0.373 e. The first-order valence-electron chi connectivity index (χ1n) is 7.91. The van der Waals surface area contributed by atoms with Crippen molar-refractivity contribution < 1.29 is 23.1 Å². The number of hydrogen-bond acceptors (Lipinski definition) is 8. The van der Waals surface area contributed by atoms with Crippen LogP contribution in [0.5, 0.6) is 5.75 Å². The number of carbonyl (C=O) groups excluding carboxylic acids is 1. The van der Waals surface area contributed by atoms with Crippen LogP contribution in [0.1, 0.15) is 39.9 Å². The lowest BCUT2D eigenvalue weighted by Crippen LogP contribution is -1.98. The van der Waals surface area contributed by atoms with Crippen molar-refractivity contribution in [1.82, 2.24) is 10.2 Å². The molecule has 1 aromatic carbocycles. The van der Waals surface area contributed by atoms with Gasteiger partial charge in [0.2, 0.25) is 5.76 Å². The Hall–Kier alpha value is -2.74. The van der Waals surface area contributed by atoms with Gasteiger partial charge in [-0.15, -0.1) is 10.2 Å². The van der Waals surface area contributed by atoms with Gasteiger partial charge in [0, 0.05) is 0 Å². The van der Waals surface area contributed by atoms with Gasteiger partial charge in [-0.25, -0.2) is 4.79 Å². The molecule has 136 valence electrons. The van der Waals surface area contributed by atoms with E-state index >= 15 is 0 Å². The molecule has 2 aromatic heterocycles. The molecule has 0 saturated carbocycles. The van der Waals surface area contributed by atoms with Crippen molar-refractivity contribution in [2.45, 2.75) is 30.9 Å². The third-order valence-corrected chi connectivity index (χ3v) is 4.44. The molecule has 1 unspecified atom stereocenters. The molecule has 26 heavy (non-hydrogen) atoms. The molecule has 0 saturated heterocycles. The third kappa shape index (κ3) is 4.45. The molecule has 0 spiro atoms. The standard InChI is InChI=1S/C18H18N2O5S/c1-11-5-4-6-13(9-11)23-10-16-19-20-18(25-16)26-12(2)14-7-8-15(24-14)17(21)22-3/h4-9,12H,10H2,1-3H3. The highest BCUT2D eigenvalue weighted by Gasteiger charge is 2.19. The topological polar surface area (TPSA) is 87.6 Å². The fraction of sp³-hybridized carbons (Fsp3) is 0.278. The van der Waals surface area contributed by atoms with Crippen LogP contribution in [0.3, 0.4) is 0 Å². The summed E-state index contributed by atoms with van der Waals surface area (Å²) in [5, 5.41) is 8.27. The van der Waals surface area contributed by atoms with E-state index in [4.69, 9.17) is 13.6 Å². The van der Waals surface area contributed by atoms with E-state index < -0.39 is 5.97 Å². The van der Waals surface area contributed by atoms with E-state index in [0.717, 1.165) is 11.3 Å². The molecule has 0 aliphatic rings. The Labute approximate surface area is 154 Å². The second-order valence-corrected chi connectivity index (χ2v) is 6.81. The van der Waals surface area contributed by atoms with Gasteiger partial charge in [0.1, 0.15) is 11.5 Å². The van der Waals surface area contributed by atoms with Crippen LogP contribution in [-0.4, -0.2) is 23.3 Å². The lowest BCUT2D eigenvalue weighted by molar-refractivity contribution is 0.0563. The summed E-state index contributed by atoms with van der Waals surface area (Å²) in [6.07, 6.45) is 0. The molecular weight excluding hydrogens is 356 g/mol. The Morgan fingerprint density at radius 1 is 1.23 bits per heavy atom. The van der Waals surface area contributed by atoms with Crippen molar-refractivity contribution in [2.75, 3.05) is 7.11 Å². The number of esters is 1. The molecule has 8 heteroatoms. The van der Waals surface area contributed by atoms with Crippen LogP contribution in [0.2, 0.25) is 0 Å². The van der Waals surface area contributed by atoms with Crippen LogP contribution in [0.4, 0.5) is 0 Å². The van der Waals surface area contributed by atoms with Crippen molar-refractivity contribution in [1.29, 1.82) is 0 Å². The van der Waals surface area contributed by atoms with Crippen LogP contribution in [0, 0.1) is 6.92 Å². The minimum atomic E-state index is -0.512. The van der Waals surface area contributed by atoms with Crippen LogP contribution < -0.4 is 4.74 Å². The molecule has 3 aromatic rings. The normalized spacial score (nSPS) is 12.0. The van der Waals surface area contributed by atoms with Crippen molar-refractivity contribution in [3.8, 4) is 5.75 Å². The Morgan fingerprint density at radius 2 is 2.08 bits per heavy atom. The van der Waals surface area contributed by atoms with Gasteiger partial charge in [0.15, 0.2) is 6.61 Å². The largest absolute Gasteiger partial charge is 0.484 e. The number of rotatable bonds is 7. The van der Waals surface area contributed by atoms with Gasteiger partial charge < -0.3 is 18.3 Å². The number of nitrogens with zero attached hydrogens (tertiary/aromatic N) is 2. The number of carbonyl (C=O) groups is 1. The minimum absolute atomic E-state index is 0.112. The molecule has 1 atom stereocenters. The first-order chi connectivity index (χ1) is 12.5. The van der Waals surface area contributed by atoms with Gasteiger partial charge in [0.05, 0.1) is 12.4 Å². The first-order valence-corrected chi connectivity index (χ1v) is 8.79. The summed E-state index contributed by atoms with van der Waals surface area (Å²) < 4.78 is 21.3. The molecule has 0 aliphatic heterocycles. The number of furan rings is 1. The summed E-state index contributed by atoms with van der Waals surface area (Å²) in [5.41, 5.74) is 1.11. The predicted molar refractivity (Wildman–Crippen MR) is 94.1 cm³/mol. The molecule has 2 heterocycles. The van der Waals surface area contributed by atoms with Gasteiger partial charge in [-0.1, -0.05) is 23.9 Å². The zero-order valence-corrected chi connectivity index (χ0v) is 15.4. The molecule has 7 nitrogen and oxygen atoms in total. The quantitative estimate of drug-likeness (QED) is 0.449. The first kappa shape index (κ1) is 18.1. The molecule has 0 fully saturated rings. The average Bonchev–Trinajstić information content (AvgIpc) is 3.29. The fourth-order valence-electron chi connectivity index (χ4n) is 2.19.